The topological polar surface area (TPSA) is 43.4 Å². The predicted octanol–water partition coefficient (Wildman–Crippen LogP) is 10.0. The number of carbonyl (C=O) groups excluding carboxylic acids is 2. The van der Waals surface area contributed by atoms with E-state index in [1.807, 2.05) is 24.3 Å². The molecule has 0 N–H and O–H groups in total. The fourth-order valence-corrected chi connectivity index (χ4v) is 12.9. The van der Waals surface area contributed by atoms with E-state index < -0.39 is 0 Å². The maximum Gasteiger partial charge on any atom is 0.306 e. The van der Waals surface area contributed by atoms with Gasteiger partial charge in [-0.1, -0.05) is 71.9 Å². The fourth-order valence-electron chi connectivity index (χ4n) is 12.7. The van der Waals surface area contributed by atoms with Crippen LogP contribution in [0.2, 0.25) is 5.02 Å². The molecule has 0 saturated heterocycles. The van der Waals surface area contributed by atoms with Crippen molar-refractivity contribution in [3.05, 3.63) is 47.0 Å². The first-order valence-electron chi connectivity index (χ1n) is 17.3. The van der Waals surface area contributed by atoms with Crippen molar-refractivity contribution in [3.8, 4) is 0 Å². The summed E-state index contributed by atoms with van der Waals surface area (Å²) in [6, 6.07) is 7.77. The quantitative estimate of drug-likeness (QED) is 0.184. The fraction of sp³-hybridized carbons (Fsp3) is 0.744. The van der Waals surface area contributed by atoms with Crippen LogP contribution in [0.3, 0.4) is 0 Å². The van der Waals surface area contributed by atoms with E-state index in [0.717, 1.165) is 41.7 Å². The SMILES string of the molecule is C=C(C=O)[C@@H]1CC[C@]2(C)CC[C@]3(C)[C@H](CC[C@@H]4[C@@]5(C)CC[C@H](OC(=O)CCc6ccc(Cl)cc6)C(C)(C)[C@@H]5CC[C@]43C)[C@@H]12. The average Bonchev–Trinajstić information content (AvgIpc) is 3.32. The van der Waals surface area contributed by atoms with Gasteiger partial charge in [0, 0.05) is 16.9 Å². The lowest BCUT2D eigenvalue weighted by molar-refractivity contribution is -0.249. The molecule has 0 bridgehead atoms. The summed E-state index contributed by atoms with van der Waals surface area (Å²) >= 11 is 6.04. The van der Waals surface area contributed by atoms with E-state index in [2.05, 4.69) is 48.1 Å². The summed E-state index contributed by atoms with van der Waals surface area (Å²) in [4.78, 5) is 25.0. The minimum Gasteiger partial charge on any atom is -0.462 e. The average molecular weight is 607 g/mol. The molecule has 5 aliphatic carbocycles. The highest BCUT2D eigenvalue weighted by molar-refractivity contribution is 6.30. The van der Waals surface area contributed by atoms with Crippen LogP contribution in [0.15, 0.2) is 36.4 Å². The summed E-state index contributed by atoms with van der Waals surface area (Å²) in [7, 11) is 0. The molecule has 10 atom stereocenters. The number of ether oxygens (including phenoxy) is 1. The first kappa shape index (κ1) is 31.4. The number of aryl methyl sites for hydroxylation is 1. The van der Waals surface area contributed by atoms with Gasteiger partial charge in [-0.05, 0) is 145 Å². The Morgan fingerprint density at radius 1 is 0.884 bits per heavy atom. The molecule has 5 fully saturated rings. The third kappa shape index (κ3) is 4.71. The van der Waals surface area contributed by atoms with Gasteiger partial charge >= 0.3 is 5.97 Å². The maximum atomic E-state index is 13.1. The van der Waals surface area contributed by atoms with E-state index in [-0.39, 0.29) is 33.7 Å². The molecule has 0 amide bonds. The minimum atomic E-state index is -0.0708. The summed E-state index contributed by atoms with van der Waals surface area (Å²) in [5.74, 6) is 2.78. The Morgan fingerprint density at radius 2 is 1.60 bits per heavy atom. The van der Waals surface area contributed by atoms with Crippen LogP contribution in [0, 0.1) is 56.7 Å². The van der Waals surface area contributed by atoms with Gasteiger partial charge in [-0.15, -0.1) is 0 Å². The highest BCUT2D eigenvalue weighted by atomic mass is 35.5. The highest BCUT2D eigenvalue weighted by Crippen LogP contribution is 2.77. The number of fused-ring (bicyclic) bond motifs is 7. The van der Waals surface area contributed by atoms with E-state index in [1.165, 1.54) is 44.9 Å². The molecular formula is C39H55ClO3. The molecule has 1 aromatic rings. The number of esters is 1. The number of carbonyl (C=O) groups is 2. The maximum absolute atomic E-state index is 13.1. The molecule has 0 unspecified atom stereocenters. The van der Waals surface area contributed by atoms with Crippen LogP contribution in [0.25, 0.3) is 0 Å². The van der Waals surface area contributed by atoms with Crippen molar-refractivity contribution in [1.29, 1.82) is 0 Å². The Hall–Kier alpha value is -1.61. The molecule has 0 spiro atoms. The molecule has 6 rings (SSSR count). The van der Waals surface area contributed by atoms with Gasteiger partial charge in [0.15, 0.2) is 0 Å². The van der Waals surface area contributed by atoms with Crippen molar-refractivity contribution >= 4 is 23.9 Å². The molecule has 236 valence electrons. The first-order chi connectivity index (χ1) is 20.2. The molecule has 4 heteroatoms. The van der Waals surface area contributed by atoms with Crippen LogP contribution < -0.4 is 0 Å². The number of aldehydes is 1. The van der Waals surface area contributed by atoms with Crippen molar-refractivity contribution in [3.63, 3.8) is 0 Å². The Morgan fingerprint density at radius 3 is 2.30 bits per heavy atom. The lowest BCUT2D eigenvalue weighted by Crippen LogP contribution is -2.66. The second kappa shape index (κ2) is 10.7. The lowest BCUT2D eigenvalue weighted by Gasteiger charge is -2.73. The van der Waals surface area contributed by atoms with Crippen LogP contribution in [-0.2, 0) is 20.7 Å². The Labute approximate surface area is 265 Å². The lowest BCUT2D eigenvalue weighted by atomic mass is 9.32. The number of hydrogen-bond acceptors (Lipinski definition) is 3. The molecule has 0 aliphatic heterocycles. The van der Waals surface area contributed by atoms with Crippen LogP contribution in [-0.4, -0.2) is 18.4 Å². The van der Waals surface area contributed by atoms with E-state index in [9.17, 15) is 9.59 Å². The largest absolute Gasteiger partial charge is 0.462 e. The van der Waals surface area contributed by atoms with Crippen molar-refractivity contribution in [1.82, 2.24) is 0 Å². The molecular weight excluding hydrogens is 552 g/mol. The Balaban J connectivity index is 1.20. The zero-order valence-electron chi connectivity index (χ0n) is 27.6. The van der Waals surface area contributed by atoms with E-state index in [0.29, 0.717) is 47.8 Å². The van der Waals surface area contributed by atoms with Gasteiger partial charge in [0.05, 0.1) is 0 Å². The monoisotopic (exact) mass is 606 g/mol. The van der Waals surface area contributed by atoms with E-state index in [4.69, 9.17) is 16.3 Å². The molecule has 1 aromatic carbocycles. The van der Waals surface area contributed by atoms with Gasteiger partial charge in [0.2, 0.25) is 0 Å². The van der Waals surface area contributed by atoms with Crippen molar-refractivity contribution in [2.45, 2.75) is 125 Å². The summed E-state index contributed by atoms with van der Waals surface area (Å²) < 4.78 is 6.31. The molecule has 0 aromatic heterocycles. The summed E-state index contributed by atoms with van der Waals surface area (Å²) in [5, 5.41) is 0.720. The predicted molar refractivity (Wildman–Crippen MR) is 175 cm³/mol. The van der Waals surface area contributed by atoms with Gasteiger partial charge in [-0.3, -0.25) is 9.59 Å². The van der Waals surface area contributed by atoms with E-state index >= 15 is 0 Å². The number of hydrogen-bond donors (Lipinski definition) is 0. The van der Waals surface area contributed by atoms with Crippen molar-refractivity contribution in [2.75, 3.05) is 0 Å². The zero-order valence-corrected chi connectivity index (χ0v) is 28.4. The van der Waals surface area contributed by atoms with Crippen LogP contribution in [0.4, 0.5) is 0 Å². The van der Waals surface area contributed by atoms with Gasteiger partial charge < -0.3 is 4.74 Å². The van der Waals surface area contributed by atoms with Gasteiger partial charge in [0.1, 0.15) is 12.4 Å². The van der Waals surface area contributed by atoms with Crippen molar-refractivity contribution in [2.24, 2.45) is 56.7 Å². The van der Waals surface area contributed by atoms with Gasteiger partial charge in [-0.2, -0.15) is 0 Å². The van der Waals surface area contributed by atoms with Crippen molar-refractivity contribution < 1.29 is 14.3 Å². The second-order valence-electron chi connectivity index (χ2n) is 17.2. The molecule has 0 radical (unpaired) electrons. The highest BCUT2D eigenvalue weighted by Gasteiger charge is 2.70. The Kier molecular flexibility index (Phi) is 7.84. The van der Waals surface area contributed by atoms with E-state index in [1.54, 1.807) is 0 Å². The molecule has 5 saturated carbocycles. The second-order valence-corrected chi connectivity index (χ2v) is 17.6. The first-order valence-corrected chi connectivity index (χ1v) is 17.7. The third-order valence-electron chi connectivity index (χ3n) is 15.2. The zero-order chi connectivity index (χ0) is 31.0. The van der Waals surface area contributed by atoms with Crippen LogP contribution in [0.5, 0.6) is 0 Å². The molecule has 3 nitrogen and oxygen atoms in total. The smallest absolute Gasteiger partial charge is 0.306 e. The number of rotatable bonds is 6. The minimum absolute atomic E-state index is 0.0245. The molecule has 5 aliphatic rings. The molecule has 0 heterocycles. The van der Waals surface area contributed by atoms with Crippen LogP contribution in [0.1, 0.15) is 118 Å². The number of benzene rings is 1. The number of allylic oxidation sites excluding steroid dienone is 1. The summed E-state index contributed by atoms with van der Waals surface area (Å²) in [6.45, 7) is 19.5. The standard InChI is InChI=1S/C39H55ClO3/c1-25(24-41)28-16-19-36(4)22-23-38(6)29(34(28)36)13-14-31-37(5)20-18-32(35(2,3)30(37)17-21-39(31,38)7)43-33(42)15-10-26-8-11-27(40)12-9-26/h8-9,11-12,24,28-32,34H,1,10,13-23H2,2-7H3/t28-,29+,30-,31+,32-,34+,36+,37-,38+,39+/m0/s1. The van der Waals surface area contributed by atoms with Gasteiger partial charge in [0.25, 0.3) is 0 Å². The number of halogens is 1. The normalized spacial score (nSPS) is 44.7. The summed E-state index contributed by atoms with van der Waals surface area (Å²) in [6.07, 6.45) is 14.3. The third-order valence-corrected chi connectivity index (χ3v) is 15.5. The van der Waals surface area contributed by atoms with Gasteiger partial charge in [-0.25, -0.2) is 0 Å². The Bertz CT molecular complexity index is 1270. The summed E-state index contributed by atoms with van der Waals surface area (Å²) in [5.41, 5.74) is 3.09. The molecule has 43 heavy (non-hydrogen) atoms. The van der Waals surface area contributed by atoms with Crippen LogP contribution >= 0.6 is 11.6 Å².